The number of rotatable bonds is 10. The summed E-state index contributed by atoms with van der Waals surface area (Å²) in [6, 6.07) is 1.50. The number of fused-ring (bicyclic) bond motifs is 4. The van der Waals surface area contributed by atoms with Gasteiger partial charge in [-0.2, -0.15) is 0 Å². The van der Waals surface area contributed by atoms with Gasteiger partial charge in [-0.1, -0.05) is 27.7 Å². The molecule has 0 radical (unpaired) electrons. The van der Waals surface area contributed by atoms with Gasteiger partial charge in [0.15, 0.2) is 23.6 Å². The molecule has 4 aliphatic carbocycles. The largest absolute Gasteiger partial charge is 0.472 e. The summed E-state index contributed by atoms with van der Waals surface area (Å²) in [6.45, 7) is 10.6. The van der Waals surface area contributed by atoms with Crippen LogP contribution in [0.15, 0.2) is 23.0 Å². The molecule has 1 aromatic heterocycles. The Hall–Kier alpha value is -3.86. The average Bonchev–Trinajstić information content (AvgIpc) is 3.89. The molecular weight excluding hydrogens is 712 g/mol. The van der Waals surface area contributed by atoms with Gasteiger partial charge in [0.1, 0.15) is 17.5 Å². The van der Waals surface area contributed by atoms with E-state index < -0.39 is 123 Å². The van der Waals surface area contributed by atoms with Gasteiger partial charge in [0.05, 0.1) is 56.5 Å². The molecule has 1 aromatic rings. The van der Waals surface area contributed by atoms with Crippen molar-refractivity contribution in [2.45, 2.75) is 121 Å². The molecule has 0 N–H and O–H groups in total. The summed E-state index contributed by atoms with van der Waals surface area (Å²) in [5.41, 5.74) is -12.0. The highest BCUT2D eigenvalue weighted by Crippen LogP contribution is 2.90. The highest BCUT2D eigenvalue weighted by molar-refractivity contribution is 6.01. The van der Waals surface area contributed by atoms with Gasteiger partial charge in [0.25, 0.3) is 5.97 Å². The molecule has 0 unspecified atom stereocenters. The van der Waals surface area contributed by atoms with E-state index in [1.54, 1.807) is 13.8 Å². The number of carbonyl (C=O) groups is 6. The van der Waals surface area contributed by atoms with Crippen molar-refractivity contribution in [3.8, 4) is 0 Å². The third-order valence-corrected chi connectivity index (χ3v) is 14.2. The maximum atomic E-state index is 15.0. The fraction of sp³-hybridized carbons (Fsp3) is 0.737. The van der Waals surface area contributed by atoms with Gasteiger partial charge in [-0.05, 0) is 24.8 Å². The highest BCUT2D eigenvalue weighted by Gasteiger charge is 3.07. The standard InChI is InChI=1S/C38H46O16/c1-18(2)28(44)50-29-31(5)16-35-32(6,22(31)12-25(41)45-8)38-24-14-34(17-48-24,27(43)21-10-11-47-15-21)23(13-26(42)46-9)36(38,53-33(7,52-35)54-38)30(49-19(3)39)37(29,35)51-20(4)40/h10-11,15,18,22-24,29-30H,12-14,16-17H2,1-9H3/t22-,23+,24+,29-,30-,31+,32+,33+,34-,35+,36+,37-,38-/m0/s1. The predicted octanol–water partition coefficient (Wildman–Crippen LogP) is 2.82. The van der Waals surface area contributed by atoms with E-state index in [4.69, 9.17) is 47.0 Å². The van der Waals surface area contributed by atoms with Crippen LogP contribution in [0.25, 0.3) is 0 Å². The van der Waals surface area contributed by atoms with Crippen LogP contribution in [0.2, 0.25) is 0 Å². The Kier molecular flexibility index (Phi) is 7.65. The molecule has 2 spiro atoms. The van der Waals surface area contributed by atoms with Gasteiger partial charge in [-0.15, -0.1) is 0 Å². The minimum absolute atomic E-state index is 0.00626. The van der Waals surface area contributed by atoms with Gasteiger partial charge in [-0.25, -0.2) is 0 Å². The Morgan fingerprint density at radius 1 is 0.870 bits per heavy atom. The zero-order valence-electron chi connectivity index (χ0n) is 31.8. The van der Waals surface area contributed by atoms with Crippen LogP contribution in [-0.4, -0.2) is 103 Å². The first kappa shape index (κ1) is 37.1. The van der Waals surface area contributed by atoms with Gasteiger partial charge in [0.2, 0.25) is 5.60 Å². The number of ether oxygens (including phenoxy) is 9. The van der Waals surface area contributed by atoms with Crippen LogP contribution in [-0.2, 0) is 66.6 Å². The number of esters is 5. The molecule has 7 aliphatic rings. The minimum Gasteiger partial charge on any atom is -0.472 e. The predicted molar refractivity (Wildman–Crippen MR) is 176 cm³/mol. The molecule has 7 fully saturated rings. The SMILES string of the molecule is COC(=O)C[C@@H]1[C@@]2(C(=O)c3ccoc3)CO[C@H](C2)[C@@]23O[C@@]4(C)O[C@@]12[C@H](OC(C)=O)[C@@]1(OC(C)=O)[C@@H](OC(=O)C(C)C)[C@]2(C)C[C@@]1(O4)[C@@]3(C)[C@H]2CC(=O)OC. The zero-order chi connectivity index (χ0) is 39.2. The Morgan fingerprint density at radius 3 is 2.11 bits per heavy atom. The van der Waals surface area contributed by atoms with E-state index >= 15 is 0 Å². The number of furan rings is 1. The second-order valence-corrected chi connectivity index (χ2v) is 16.9. The van der Waals surface area contributed by atoms with Crippen LogP contribution < -0.4 is 0 Å². The molecule has 294 valence electrons. The van der Waals surface area contributed by atoms with Crippen molar-refractivity contribution in [1.82, 2.24) is 0 Å². The van der Waals surface area contributed by atoms with Crippen molar-refractivity contribution in [3.05, 3.63) is 24.2 Å². The van der Waals surface area contributed by atoms with Crippen LogP contribution >= 0.6 is 0 Å². The Morgan fingerprint density at radius 2 is 1.54 bits per heavy atom. The van der Waals surface area contributed by atoms with Crippen LogP contribution in [0.5, 0.6) is 0 Å². The monoisotopic (exact) mass is 758 g/mol. The van der Waals surface area contributed by atoms with E-state index in [0.29, 0.717) is 0 Å². The normalized spacial score (nSPS) is 46.9. The summed E-state index contributed by atoms with van der Waals surface area (Å²) in [5.74, 6) is -8.95. The summed E-state index contributed by atoms with van der Waals surface area (Å²) in [7, 11) is 2.46. The van der Waals surface area contributed by atoms with Crippen molar-refractivity contribution in [3.63, 3.8) is 0 Å². The molecule has 54 heavy (non-hydrogen) atoms. The second-order valence-electron chi connectivity index (χ2n) is 16.9. The van der Waals surface area contributed by atoms with Crippen molar-refractivity contribution >= 4 is 35.6 Å². The lowest BCUT2D eigenvalue weighted by Gasteiger charge is -2.76. The topological polar surface area (TPSA) is 199 Å². The van der Waals surface area contributed by atoms with Crippen molar-refractivity contribution in [2.24, 2.45) is 34.0 Å². The third kappa shape index (κ3) is 3.83. The number of ketones is 1. The number of Topliss-reactive ketones (excluding diaryl/α,β-unsaturated/α-hetero) is 1. The molecule has 3 aliphatic heterocycles. The quantitative estimate of drug-likeness (QED) is 0.192. The lowest BCUT2D eigenvalue weighted by atomic mass is 9.33. The van der Waals surface area contributed by atoms with Gasteiger partial charge < -0.3 is 47.0 Å². The number of methoxy groups -OCH3 is 2. The zero-order valence-corrected chi connectivity index (χ0v) is 31.8. The summed E-state index contributed by atoms with van der Waals surface area (Å²) in [5, 5.41) is 0. The molecule has 0 aromatic carbocycles. The van der Waals surface area contributed by atoms with E-state index in [2.05, 4.69) is 0 Å². The smallest absolute Gasteiger partial charge is 0.308 e. The summed E-state index contributed by atoms with van der Waals surface area (Å²) < 4.78 is 63.5. The molecule has 3 saturated heterocycles. The van der Waals surface area contributed by atoms with Crippen LogP contribution in [0.3, 0.4) is 0 Å². The summed E-state index contributed by atoms with van der Waals surface area (Å²) >= 11 is 0. The van der Waals surface area contributed by atoms with Gasteiger partial charge >= 0.3 is 29.8 Å². The maximum Gasteiger partial charge on any atom is 0.308 e. The number of carbonyl (C=O) groups excluding carboxylic acids is 6. The van der Waals surface area contributed by atoms with E-state index in [1.165, 1.54) is 46.7 Å². The molecular formula is C38H46O16. The molecule has 4 heterocycles. The molecule has 8 rings (SSSR count). The molecule has 16 heteroatoms. The minimum atomic E-state index is -2.21. The molecule has 6 bridgehead atoms. The molecule has 13 atom stereocenters. The van der Waals surface area contributed by atoms with Crippen molar-refractivity contribution < 1.29 is 75.8 Å². The number of hydrogen-bond donors (Lipinski definition) is 0. The van der Waals surface area contributed by atoms with Crippen molar-refractivity contribution in [2.75, 3.05) is 20.8 Å². The second kappa shape index (κ2) is 11.1. The van der Waals surface area contributed by atoms with Gasteiger partial charge in [0, 0.05) is 43.9 Å². The first-order valence-electron chi connectivity index (χ1n) is 18.3. The van der Waals surface area contributed by atoms with E-state index in [1.807, 2.05) is 13.8 Å². The number of hydrogen-bond acceptors (Lipinski definition) is 16. The maximum absolute atomic E-state index is 15.0. The summed E-state index contributed by atoms with van der Waals surface area (Å²) in [4.78, 5) is 83.5. The Labute approximate surface area is 311 Å². The molecule has 16 nitrogen and oxygen atoms in total. The molecule has 4 saturated carbocycles. The van der Waals surface area contributed by atoms with E-state index in [9.17, 15) is 28.8 Å². The summed E-state index contributed by atoms with van der Waals surface area (Å²) in [6.07, 6.45) is -2.30. The van der Waals surface area contributed by atoms with Crippen LogP contribution in [0.4, 0.5) is 0 Å². The fourth-order valence-corrected chi connectivity index (χ4v) is 12.9. The fourth-order valence-electron chi connectivity index (χ4n) is 12.9. The van der Waals surface area contributed by atoms with Crippen molar-refractivity contribution in [1.29, 1.82) is 0 Å². The Balaban J connectivity index is 1.53. The Bertz CT molecular complexity index is 1860. The first-order chi connectivity index (χ1) is 25.3. The third-order valence-electron chi connectivity index (χ3n) is 14.2. The lowest BCUT2D eigenvalue weighted by molar-refractivity contribution is -0.483. The average molecular weight is 759 g/mol. The lowest BCUT2D eigenvalue weighted by Crippen LogP contribution is -2.95. The highest BCUT2D eigenvalue weighted by atomic mass is 16.9. The van der Waals surface area contributed by atoms with Crippen LogP contribution in [0, 0.1) is 34.0 Å². The molecule has 0 amide bonds. The van der Waals surface area contributed by atoms with Crippen LogP contribution in [0.1, 0.15) is 84.5 Å². The first-order valence-corrected chi connectivity index (χ1v) is 18.3. The van der Waals surface area contributed by atoms with E-state index in [-0.39, 0.29) is 31.4 Å². The van der Waals surface area contributed by atoms with E-state index in [0.717, 1.165) is 6.92 Å². The van der Waals surface area contributed by atoms with Gasteiger partial charge in [-0.3, -0.25) is 28.8 Å².